The lowest BCUT2D eigenvalue weighted by Crippen LogP contribution is -1.82. The maximum atomic E-state index is 5.41. The van der Waals surface area contributed by atoms with E-state index in [0.717, 1.165) is 0 Å². The third-order valence-electron chi connectivity index (χ3n) is 0.459. The second kappa shape index (κ2) is 2.52. The standard InChI is InChI=1S/C4H8Cl/c1-3-4(2)5/h3-4H,1-2H3. The van der Waals surface area contributed by atoms with Crippen molar-refractivity contribution in [2.24, 2.45) is 0 Å². The fourth-order valence-electron chi connectivity index (χ4n) is 0. The lowest BCUT2D eigenvalue weighted by atomic mass is 10.4. The summed E-state index contributed by atoms with van der Waals surface area (Å²) in [5.74, 6) is 0. The molecule has 0 amide bonds. The van der Waals surface area contributed by atoms with Gasteiger partial charge in [-0.3, -0.25) is 0 Å². The molecule has 0 N–H and O–H groups in total. The van der Waals surface area contributed by atoms with E-state index in [-0.39, 0.29) is 5.38 Å². The van der Waals surface area contributed by atoms with Gasteiger partial charge in [-0.2, -0.15) is 0 Å². The molecule has 0 rings (SSSR count). The van der Waals surface area contributed by atoms with Crippen molar-refractivity contribution >= 4 is 11.6 Å². The maximum Gasteiger partial charge on any atom is 0.0336 e. The fraction of sp³-hybridized carbons (Fsp3) is 0.750. The van der Waals surface area contributed by atoms with E-state index in [9.17, 15) is 0 Å². The minimum absolute atomic E-state index is 0.231. The molecule has 31 valence electrons. The molecule has 1 atom stereocenters. The van der Waals surface area contributed by atoms with Gasteiger partial charge in [0.25, 0.3) is 0 Å². The van der Waals surface area contributed by atoms with E-state index < -0.39 is 0 Å². The topological polar surface area (TPSA) is 0 Å². The Labute approximate surface area is 38.1 Å². The molecular formula is C4H8Cl. The zero-order valence-corrected chi connectivity index (χ0v) is 4.29. The molecular weight excluding hydrogens is 83.5 g/mol. The molecule has 0 nitrogen and oxygen atoms in total. The predicted molar refractivity (Wildman–Crippen MR) is 25.3 cm³/mol. The van der Waals surface area contributed by atoms with Crippen molar-refractivity contribution in [3.63, 3.8) is 0 Å². The minimum Gasteiger partial charge on any atom is -0.123 e. The molecule has 0 aromatic heterocycles. The summed E-state index contributed by atoms with van der Waals surface area (Å²) in [7, 11) is 0. The molecule has 0 saturated carbocycles. The Bertz CT molecular complexity index is 17.6. The van der Waals surface area contributed by atoms with Gasteiger partial charge in [0.1, 0.15) is 0 Å². The van der Waals surface area contributed by atoms with E-state index >= 15 is 0 Å². The van der Waals surface area contributed by atoms with Crippen molar-refractivity contribution in [2.75, 3.05) is 0 Å². The third kappa shape index (κ3) is 4.29. The molecule has 0 aromatic carbocycles. The quantitative estimate of drug-likeness (QED) is 0.432. The monoisotopic (exact) mass is 91.0 g/mol. The fourth-order valence-corrected chi connectivity index (χ4v) is 0. The third-order valence-corrected chi connectivity index (χ3v) is 0.711. The Kier molecular flexibility index (Phi) is 2.67. The highest BCUT2D eigenvalue weighted by Crippen LogP contribution is 1.93. The van der Waals surface area contributed by atoms with Gasteiger partial charge in [0, 0.05) is 5.38 Å². The van der Waals surface area contributed by atoms with Crippen LogP contribution in [0.25, 0.3) is 0 Å². The summed E-state index contributed by atoms with van der Waals surface area (Å²) in [5, 5.41) is 0.231. The number of hydrogen-bond acceptors (Lipinski definition) is 0. The molecule has 0 aliphatic rings. The van der Waals surface area contributed by atoms with Crippen molar-refractivity contribution < 1.29 is 0 Å². The van der Waals surface area contributed by atoms with E-state index in [1.165, 1.54) is 0 Å². The summed E-state index contributed by atoms with van der Waals surface area (Å²) < 4.78 is 0. The lowest BCUT2D eigenvalue weighted by molar-refractivity contribution is 1.10. The molecule has 0 aliphatic heterocycles. The summed E-state index contributed by atoms with van der Waals surface area (Å²) in [5.41, 5.74) is 0. The normalized spacial score (nSPS) is 15.0. The van der Waals surface area contributed by atoms with Gasteiger partial charge in [0.15, 0.2) is 0 Å². The number of halogens is 1. The van der Waals surface area contributed by atoms with Crippen LogP contribution in [0.15, 0.2) is 0 Å². The van der Waals surface area contributed by atoms with Crippen LogP contribution in [-0.4, -0.2) is 5.38 Å². The van der Waals surface area contributed by atoms with Crippen molar-refractivity contribution in [1.82, 2.24) is 0 Å². The van der Waals surface area contributed by atoms with Crippen LogP contribution in [0.1, 0.15) is 13.8 Å². The van der Waals surface area contributed by atoms with Crippen LogP contribution in [0, 0.1) is 6.42 Å². The van der Waals surface area contributed by atoms with Crippen LogP contribution in [0.3, 0.4) is 0 Å². The highest BCUT2D eigenvalue weighted by atomic mass is 35.5. The van der Waals surface area contributed by atoms with E-state index in [1.54, 1.807) is 0 Å². The second-order valence-corrected chi connectivity index (χ2v) is 1.70. The molecule has 0 spiro atoms. The van der Waals surface area contributed by atoms with Crippen LogP contribution in [-0.2, 0) is 0 Å². The smallest absolute Gasteiger partial charge is 0.0336 e. The molecule has 0 bridgehead atoms. The molecule has 1 radical (unpaired) electrons. The van der Waals surface area contributed by atoms with Gasteiger partial charge in [-0.1, -0.05) is 6.92 Å². The van der Waals surface area contributed by atoms with Crippen molar-refractivity contribution in [1.29, 1.82) is 0 Å². The summed E-state index contributed by atoms with van der Waals surface area (Å²) in [6, 6.07) is 0. The van der Waals surface area contributed by atoms with Crippen LogP contribution < -0.4 is 0 Å². The van der Waals surface area contributed by atoms with Gasteiger partial charge >= 0.3 is 0 Å². The maximum absolute atomic E-state index is 5.41. The Balaban J connectivity index is 2.54. The lowest BCUT2D eigenvalue weighted by Gasteiger charge is -1.87. The van der Waals surface area contributed by atoms with Crippen molar-refractivity contribution in [3.05, 3.63) is 6.42 Å². The Morgan fingerprint density at radius 2 is 2.00 bits per heavy atom. The first kappa shape index (κ1) is 5.29. The first-order valence-electron chi connectivity index (χ1n) is 1.71. The van der Waals surface area contributed by atoms with E-state index in [2.05, 4.69) is 0 Å². The SMILES string of the molecule is C[CH]C(C)Cl. The van der Waals surface area contributed by atoms with Crippen LogP contribution >= 0.6 is 11.6 Å². The first-order chi connectivity index (χ1) is 2.27. The molecule has 0 aliphatic carbocycles. The molecule has 5 heavy (non-hydrogen) atoms. The van der Waals surface area contributed by atoms with Crippen molar-refractivity contribution in [2.45, 2.75) is 19.2 Å². The van der Waals surface area contributed by atoms with Gasteiger partial charge in [-0.05, 0) is 13.3 Å². The molecule has 0 fully saturated rings. The highest BCUT2D eigenvalue weighted by molar-refractivity contribution is 6.21. The number of hydrogen-bond donors (Lipinski definition) is 0. The van der Waals surface area contributed by atoms with Gasteiger partial charge < -0.3 is 0 Å². The van der Waals surface area contributed by atoms with E-state index in [0.29, 0.717) is 0 Å². The van der Waals surface area contributed by atoms with Crippen LogP contribution in [0.4, 0.5) is 0 Å². The van der Waals surface area contributed by atoms with E-state index in [1.807, 2.05) is 20.3 Å². The summed E-state index contributed by atoms with van der Waals surface area (Å²) in [6.07, 6.45) is 1.93. The number of rotatable bonds is 1. The van der Waals surface area contributed by atoms with Gasteiger partial charge in [-0.25, -0.2) is 0 Å². The van der Waals surface area contributed by atoms with Gasteiger partial charge in [0.2, 0.25) is 0 Å². The highest BCUT2D eigenvalue weighted by Gasteiger charge is 1.83. The second-order valence-electron chi connectivity index (χ2n) is 1.01. The Morgan fingerprint density at radius 1 is 1.80 bits per heavy atom. The molecule has 0 aromatic rings. The Hall–Kier alpha value is 0.290. The molecule has 0 heterocycles. The van der Waals surface area contributed by atoms with Crippen LogP contribution in [0.2, 0.25) is 0 Å². The average molecular weight is 91.6 g/mol. The predicted octanol–water partition coefficient (Wildman–Crippen LogP) is 1.84. The van der Waals surface area contributed by atoms with Crippen LogP contribution in [0.5, 0.6) is 0 Å². The zero-order valence-electron chi connectivity index (χ0n) is 3.53. The molecule has 1 unspecified atom stereocenters. The van der Waals surface area contributed by atoms with Gasteiger partial charge in [-0.15, -0.1) is 11.6 Å². The minimum atomic E-state index is 0.231. The first-order valence-corrected chi connectivity index (χ1v) is 2.14. The summed E-state index contributed by atoms with van der Waals surface area (Å²) in [6.45, 7) is 3.87. The largest absolute Gasteiger partial charge is 0.123 e. The molecule has 0 saturated heterocycles. The van der Waals surface area contributed by atoms with E-state index in [4.69, 9.17) is 11.6 Å². The van der Waals surface area contributed by atoms with Crippen molar-refractivity contribution in [3.8, 4) is 0 Å². The summed E-state index contributed by atoms with van der Waals surface area (Å²) >= 11 is 5.41. The summed E-state index contributed by atoms with van der Waals surface area (Å²) in [4.78, 5) is 0. The molecule has 1 heteroatoms. The Morgan fingerprint density at radius 3 is 2.00 bits per heavy atom. The average Bonchev–Trinajstić information content (AvgIpc) is 1.38. The zero-order chi connectivity index (χ0) is 4.28. The number of alkyl halides is 1. The van der Waals surface area contributed by atoms with Gasteiger partial charge in [0.05, 0.1) is 0 Å².